The fraction of sp³-hybridized carbons (Fsp3) is 0.308. The SMILES string of the molecule is O=C(c1ccsc1-n1cccc1)N1CCCC1. The summed E-state index contributed by atoms with van der Waals surface area (Å²) in [6.45, 7) is 1.81. The Balaban J connectivity index is 1.93. The van der Waals surface area contributed by atoms with Crippen LogP contribution in [0.5, 0.6) is 0 Å². The van der Waals surface area contributed by atoms with E-state index in [1.54, 1.807) is 11.3 Å². The Morgan fingerprint density at radius 2 is 1.88 bits per heavy atom. The van der Waals surface area contributed by atoms with Gasteiger partial charge in [-0.05, 0) is 36.4 Å². The molecule has 2 aromatic rings. The van der Waals surface area contributed by atoms with Gasteiger partial charge in [0.25, 0.3) is 5.91 Å². The van der Waals surface area contributed by atoms with Crippen LogP contribution in [0.3, 0.4) is 0 Å². The highest BCUT2D eigenvalue weighted by Crippen LogP contribution is 2.24. The minimum Gasteiger partial charge on any atom is -0.339 e. The molecule has 1 aliphatic heterocycles. The van der Waals surface area contributed by atoms with Crippen molar-refractivity contribution in [1.29, 1.82) is 0 Å². The third-order valence-corrected chi connectivity index (χ3v) is 4.03. The predicted molar refractivity (Wildman–Crippen MR) is 68.8 cm³/mol. The van der Waals surface area contributed by atoms with Gasteiger partial charge in [0.1, 0.15) is 5.00 Å². The van der Waals surface area contributed by atoms with Gasteiger partial charge in [-0.15, -0.1) is 11.3 Å². The average Bonchev–Trinajstić information content (AvgIpc) is 3.09. The molecule has 0 aromatic carbocycles. The Labute approximate surface area is 104 Å². The lowest BCUT2D eigenvalue weighted by atomic mass is 10.3. The number of thiophene rings is 1. The van der Waals surface area contributed by atoms with Crippen LogP contribution in [0.2, 0.25) is 0 Å². The van der Waals surface area contributed by atoms with Crippen molar-refractivity contribution < 1.29 is 4.79 Å². The average molecular weight is 246 g/mol. The summed E-state index contributed by atoms with van der Waals surface area (Å²) in [6, 6.07) is 5.88. The number of hydrogen-bond donors (Lipinski definition) is 0. The Kier molecular flexibility index (Phi) is 2.73. The molecule has 3 heterocycles. The maximum absolute atomic E-state index is 12.3. The fourth-order valence-corrected chi connectivity index (χ4v) is 3.08. The summed E-state index contributed by atoms with van der Waals surface area (Å²) in [5, 5.41) is 3.01. The molecule has 0 N–H and O–H groups in total. The van der Waals surface area contributed by atoms with E-state index in [2.05, 4.69) is 0 Å². The van der Waals surface area contributed by atoms with Crippen LogP contribution in [0.15, 0.2) is 36.0 Å². The van der Waals surface area contributed by atoms with Gasteiger partial charge in [0.05, 0.1) is 5.56 Å². The van der Waals surface area contributed by atoms with E-state index in [0.717, 1.165) is 36.5 Å². The molecule has 3 rings (SSSR count). The summed E-state index contributed by atoms with van der Waals surface area (Å²) < 4.78 is 2.01. The summed E-state index contributed by atoms with van der Waals surface area (Å²) in [6.07, 6.45) is 6.22. The zero-order valence-electron chi connectivity index (χ0n) is 9.50. The first-order chi connectivity index (χ1) is 8.36. The molecule has 1 saturated heterocycles. The molecule has 3 nitrogen and oxygen atoms in total. The number of rotatable bonds is 2. The van der Waals surface area contributed by atoms with Crippen LogP contribution < -0.4 is 0 Å². The second-order valence-corrected chi connectivity index (χ2v) is 5.12. The van der Waals surface area contributed by atoms with Crippen molar-refractivity contribution in [3.8, 4) is 5.00 Å². The van der Waals surface area contributed by atoms with Crippen LogP contribution in [-0.2, 0) is 0 Å². The highest BCUT2D eigenvalue weighted by molar-refractivity contribution is 7.13. The zero-order valence-corrected chi connectivity index (χ0v) is 10.3. The Bertz CT molecular complexity index is 509. The summed E-state index contributed by atoms with van der Waals surface area (Å²) in [5.74, 6) is 0.174. The van der Waals surface area contributed by atoms with Crippen molar-refractivity contribution in [1.82, 2.24) is 9.47 Å². The van der Waals surface area contributed by atoms with Gasteiger partial charge >= 0.3 is 0 Å². The first-order valence-corrected chi connectivity index (χ1v) is 6.74. The van der Waals surface area contributed by atoms with Crippen LogP contribution in [-0.4, -0.2) is 28.5 Å². The third-order valence-electron chi connectivity index (χ3n) is 3.11. The largest absolute Gasteiger partial charge is 0.339 e. The molecule has 0 unspecified atom stereocenters. The maximum Gasteiger partial charge on any atom is 0.256 e. The monoisotopic (exact) mass is 246 g/mol. The van der Waals surface area contributed by atoms with Crippen molar-refractivity contribution in [2.24, 2.45) is 0 Å². The van der Waals surface area contributed by atoms with Gasteiger partial charge in [-0.1, -0.05) is 0 Å². The van der Waals surface area contributed by atoms with E-state index in [1.807, 2.05) is 45.4 Å². The number of hydrogen-bond acceptors (Lipinski definition) is 2. The fourth-order valence-electron chi connectivity index (χ4n) is 2.22. The topological polar surface area (TPSA) is 25.2 Å². The molecule has 1 amide bonds. The molecule has 1 aliphatic rings. The molecule has 2 aromatic heterocycles. The third kappa shape index (κ3) is 1.89. The van der Waals surface area contributed by atoms with Gasteiger partial charge in [0.2, 0.25) is 0 Å². The molecular weight excluding hydrogens is 232 g/mol. The number of amides is 1. The van der Waals surface area contributed by atoms with E-state index in [9.17, 15) is 4.79 Å². The van der Waals surface area contributed by atoms with Gasteiger partial charge in [0, 0.05) is 25.5 Å². The molecule has 0 spiro atoms. The minimum absolute atomic E-state index is 0.174. The van der Waals surface area contributed by atoms with Crippen molar-refractivity contribution in [3.63, 3.8) is 0 Å². The van der Waals surface area contributed by atoms with E-state index in [1.165, 1.54) is 0 Å². The van der Waals surface area contributed by atoms with Crippen LogP contribution in [0.4, 0.5) is 0 Å². The van der Waals surface area contributed by atoms with E-state index in [4.69, 9.17) is 0 Å². The quantitative estimate of drug-likeness (QED) is 0.800. The molecule has 0 atom stereocenters. The first-order valence-electron chi connectivity index (χ1n) is 5.86. The lowest BCUT2D eigenvalue weighted by Crippen LogP contribution is -2.27. The van der Waals surface area contributed by atoms with Gasteiger partial charge in [0.15, 0.2) is 0 Å². The Morgan fingerprint density at radius 3 is 2.59 bits per heavy atom. The van der Waals surface area contributed by atoms with Crippen LogP contribution in [0, 0.1) is 0 Å². The smallest absolute Gasteiger partial charge is 0.256 e. The van der Waals surface area contributed by atoms with E-state index >= 15 is 0 Å². The Hall–Kier alpha value is -1.55. The highest BCUT2D eigenvalue weighted by atomic mass is 32.1. The number of likely N-dealkylation sites (tertiary alicyclic amines) is 1. The van der Waals surface area contributed by atoms with Gasteiger partial charge in [-0.25, -0.2) is 0 Å². The number of carbonyl (C=O) groups excluding carboxylic acids is 1. The second kappa shape index (κ2) is 4.37. The molecule has 0 radical (unpaired) electrons. The van der Waals surface area contributed by atoms with Crippen molar-refractivity contribution in [2.45, 2.75) is 12.8 Å². The number of aromatic nitrogens is 1. The molecular formula is C13H14N2OS. The molecule has 0 saturated carbocycles. The summed E-state index contributed by atoms with van der Waals surface area (Å²) >= 11 is 1.61. The molecule has 17 heavy (non-hydrogen) atoms. The van der Waals surface area contributed by atoms with Crippen LogP contribution in [0.1, 0.15) is 23.2 Å². The van der Waals surface area contributed by atoms with Crippen LogP contribution in [0.25, 0.3) is 5.00 Å². The van der Waals surface area contributed by atoms with Gasteiger partial charge in [-0.2, -0.15) is 0 Å². The van der Waals surface area contributed by atoms with E-state index in [0.29, 0.717) is 0 Å². The lowest BCUT2D eigenvalue weighted by molar-refractivity contribution is 0.0793. The molecule has 0 aliphatic carbocycles. The van der Waals surface area contributed by atoms with Crippen molar-refractivity contribution in [2.75, 3.05) is 13.1 Å². The van der Waals surface area contributed by atoms with Gasteiger partial charge < -0.3 is 9.47 Å². The second-order valence-electron chi connectivity index (χ2n) is 4.23. The Morgan fingerprint density at radius 1 is 1.18 bits per heavy atom. The van der Waals surface area contributed by atoms with E-state index in [-0.39, 0.29) is 5.91 Å². The van der Waals surface area contributed by atoms with Crippen molar-refractivity contribution in [3.05, 3.63) is 41.5 Å². The normalized spacial score (nSPS) is 15.4. The summed E-state index contributed by atoms with van der Waals surface area (Å²) in [5.41, 5.74) is 0.827. The predicted octanol–water partition coefficient (Wildman–Crippen LogP) is 2.77. The molecule has 1 fully saturated rings. The first kappa shape index (κ1) is 10.6. The molecule has 88 valence electrons. The number of carbonyl (C=O) groups is 1. The standard InChI is InChI=1S/C13H14N2OS/c16-12(14-6-1-2-7-14)11-5-10-17-13(11)15-8-3-4-9-15/h3-5,8-10H,1-2,6-7H2. The minimum atomic E-state index is 0.174. The molecule has 4 heteroatoms. The van der Waals surface area contributed by atoms with Crippen LogP contribution >= 0.6 is 11.3 Å². The highest BCUT2D eigenvalue weighted by Gasteiger charge is 2.22. The van der Waals surface area contributed by atoms with E-state index < -0.39 is 0 Å². The zero-order chi connectivity index (χ0) is 11.7. The lowest BCUT2D eigenvalue weighted by Gasteiger charge is -2.15. The van der Waals surface area contributed by atoms with Crippen molar-refractivity contribution >= 4 is 17.2 Å². The van der Waals surface area contributed by atoms with Gasteiger partial charge in [-0.3, -0.25) is 4.79 Å². The summed E-state index contributed by atoms with van der Waals surface area (Å²) in [4.78, 5) is 14.3. The maximum atomic E-state index is 12.3. The summed E-state index contributed by atoms with van der Waals surface area (Å²) in [7, 11) is 0. The molecule has 0 bridgehead atoms. The number of nitrogens with zero attached hydrogens (tertiary/aromatic N) is 2.